The Kier molecular flexibility index (Phi) is 8.20. The van der Waals surface area contributed by atoms with Crippen molar-refractivity contribution < 1.29 is 18.7 Å². The highest BCUT2D eigenvalue weighted by Gasteiger charge is 2.53. The summed E-state index contributed by atoms with van der Waals surface area (Å²) >= 11 is 0. The molecule has 1 fully saturated rings. The predicted octanol–water partition coefficient (Wildman–Crippen LogP) is 6.79. The Bertz CT molecular complexity index is 903. The third-order valence-corrected chi connectivity index (χ3v) is 13.4. The van der Waals surface area contributed by atoms with Crippen LogP contribution in [0.4, 0.5) is 0 Å². The van der Waals surface area contributed by atoms with E-state index in [9.17, 15) is 4.79 Å². The number of ether oxygens (including phenoxy) is 2. The molecule has 0 aromatic heterocycles. The van der Waals surface area contributed by atoms with E-state index in [0.29, 0.717) is 36.1 Å². The van der Waals surface area contributed by atoms with Crippen LogP contribution in [0.1, 0.15) is 53.5 Å². The molecule has 3 rings (SSSR count). The molecule has 0 spiro atoms. The number of carbonyl (C=O) groups excluding carboxylic acids is 1. The quantitative estimate of drug-likeness (QED) is 0.300. The Morgan fingerprint density at radius 1 is 0.970 bits per heavy atom. The molecule has 1 aliphatic heterocycles. The lowest BCUT2D eigenvalue weighted by Gasteiger charge is -2.44. The number of hydrogen-bond acceptors (Lipinski definition) is 4. The molecular formula is C28H40O4Si. The Hall–Kier alpha value is -1.95. The zero-order chi connectivity index (χ0) is 24.2. The second kappa shape index (κ2) is 10.5. The highest BCUT2D eigenvalue weighted by Crippen LogP contribution is 2.45. The van der Waals surface area contributed by atoms with Crippen LogP contribution < -0.4 is 0 Å². The largest absolute Gasteiger partial charge is 0.467 e. The van der Waals surface area contributed by atoms with Gasteiger partial charge in [0.15, 0.2) is 5.60 Å². The van der Waals surface area contributed by atoms with Crippen molar-refractivity contribution in [1.29, 1.82) is 0 Å². The SMILES string of the molecule is COC(=O)[C@]1(Cc2cccc(-c3ccccc3)c2)C[C@H](O[Si](C(C)C)(C(C)C)C(C)C)CO1. The molecular weight excluding hydrogens is 428 g/mol. The second-order valence-electron chi connectivity index (χ2n) is 10.3. The summed E-state index contributed by atoms with van der Waals surface area (Å²) in [6, 6.07) is 18.6. The molecule has 33 heavy (non-hydrogen) atoms. The number of esters is 1. The average molecular weight is 469 g/mol. The topological polar surface area (TPSA) is 44.8 Å². The summed E-state index contributed by atoms with van der Waals surface area (Å²) in [4.78, 5) is 13.0. The van der Waals surface area contributed by atoms with Gasteiger partial charge in [-0.15, -0.1) is 0 Å². The summed E-state index contributed by atoms with van der Waals surface area (Å²) in [5.41, 5.74) is 3.77. The van der Waals surface area contributed by atoms with Crippen LogP contribution in [0.25, 0.3) is 11.1 Å². The summed E-state index contributed by atoms with van der Waals surface area (Å²) in [5, 5.41) is 0. The second-order valence-corrected chi connectivity index (χ2v) is 15.7. The summed E-state index contributed by atoms with van der Waals surface area (Å²) in [6.45, 7) is 14.1. The van der Waals surface area contributed by atoms with Crippen molar-refractivity contribution in [2.45, 2.75) is 82.7 Å². The molecule has 0 unspecified atom stereocenters. The molecule has 1 saturated heterocycles. The van der Waals surface area contributed by atoms with Crippen LogP contribution >= 0.6 is 0 Å². The predicted molar refractivity (Wildman–Crippen MR) is 137 cm³/mol. The van der Waals surface area contributed by atoms with Crippen molar-refractivity contribution >= 4 is 14.3 Å². The Balaban J connectivity index is 1.86. The van der Waals surface area contributed by atoms with E-state index in [-0.39, 0.29) is 12.1 Å². The molecule has 0 bridgehead atoms. The van der Waals surface area contributed by atoms with Crippen molar-refractivity contribution in [3.05, 3.63) is 60.2 Å². The zero-order valence-electron chi connectivity index (χ0n) is 21.3. The van der Waals surface area contributed by atoms with E-state index in [1.165, 1.54) is 7.11 Å². The van der Waals surface area contributed by atoms with E-state index < -0.39 is 13.9 Å². The molecule has 1 aliphatic rings. The fraction of sp³-hybridized carbons (Fsp3) is 0.536. The van der Waals surface area contributed by atoms with Crippen molar-refractivity contribution in [2.24, 2.45) is 0 Å². The van der Waals surface area contributed by atoms with Gasteiger partial charge in [-0.25, -0.2) is 4.79 Å². The number of carbonyl (C=O) groups is 1. The first-order valence-corrected chi connectivity index (χ1v) is 14.3. The van der Waals surface area contributed by atoms with E-state index >= 15 is 0 Å². The van der Waals surface area contributed by atoms with Crippen LogP contribution in [-0.4, -0.2) is 39.7 Å². The fourth-order valence-corrected chi connectivity index (χ4v) is 11.4. The van der Waals surface area contributed by atoms with Gasteiger partial charge < -0.3 is 13.9 Å². The van der Waals surface area contributed by atoms with Gasteiger partial charge in [0, 0.05) is 12.8 Å². The van der Waals surface area contributed by atoms with Gasteiger partial charge in [-0.3, -0.25) is 0 Å². The number of hydrogen-bond donors (Lipinski definition) is 0. The van der Waals surface area contributed by atoms with Gasteiger partial charge in [-0.05, 0) is 33.3 Å². The lowest BCUT2D eigenvalue weighted by atomic mass is 9.89. The Morgan fingerprint density at radius 3 is 2.15 bits per heavy atom. The third-order valence-electron chi connectivity index (χ3n) is 7.26. The summed E-state index contributed by atoms with van der Waals surface area (Å²) in [5.74, 6) is -0.315. The van der Waals surface area contributed by atoms with Gasteiger partial charge in [-0.2, -0.15) is 0 Å². The van der Waals surface area contributed by atoms with Gasteiger partial charge in [0.25, 0.3) is 0 Å². The van der Waals surface area contributed by atoms with Crippen LogP contribution in [0.2, 0.25) is 16.6 Å². The van der Waals surface area contributed by atoms with Crippen molar-refractivity contribution in [3.8, 4) is 11.1 Å². The van der Waals surface area contributed by atoms with Gasteiger partial charge >= 0.3 is 5.97 Å². The van der Waals surface area contributed by atoms with E-state index in [0.717, 1.165) is 16.7 Å². The molecule has 2 aromatic rings. The van der Waals surface area contributed by atoms with Crippen molar-refractivity contribution in [3.63, 3.8) is 0 Å². The van der Waals surface area contributed by atoms with E-state index in [2.05, 4.69) is 71.9 Å². The van der Waals surface area contributed by atoms with Crippen LogP contribution in [0, 0.1) is 0 Å². The van der Waals surface area contributed by atoms with Crippen molar-refractivity contribution in [2.75, 3.05) is 13.7 Å². The van der Waals surface area contributed by atoms with Gasteiger partial charge in [0.1, 0.15) is 0 Å². The molecule has 4 nitrogen and oxygen atoms in total. The maximum absolute atomic E-state index is 13.0. The molecule has 2 aromatic carbocycles. The first kappa shape index (κ1) is 25.7. The maximum Gasteiger partial charge on any atom is 0.338 e. The lowest BCUT2D eigenvalue weighted by Crippen LogP contribution is -2.50. The van der Waals surface area contributed by atoms with E-state index in [1.54, 1.807) is 0 Å². The van der Waals surface area contributed by atoms with E-state index in [1.807, 2.05) is 24.3 Å². The van der Waals surface area contributed by atoms with Crippen molar-refractivity contribution in [1.82, 2.24) is 0 Å². The number of rotatable bonds is 9. The number of benzene rings is 2. The summed E-state index contributed by atoms with van der Waals surface area (Å²) in [7, 11) is -0.635. The minimum atomic E-state index is -2.08. The van der Waals surface area contributed by atoms with Crippen LogP contribution in [0.3, 0.4) is 0 Å². The maximum atomic E-state index is 13.0. The van der Waals surface area contributed by atoms with Gasteiger partial charge in [0.2, 0.25) is 8.32 Å². The first-order valence-electron chi connectivity index (χ1n) is 12.2. The smallest absolute Gasteiger partial charge is 0.338 e. The highest BCUT2D eigenvalue weighted by atomic mass is 28.4. The zero-order valence-corrected chi connectivity index (χ0v) is 22.3. The minimum Gasteiger partial charge on any atom is -0.467 e. The van der Waals surface area contributed by atoms with Crippen LogP contribution in [0.5, 0.6) is 0 Å². The first-order chi connectivity index (χ1) is 15.6. The standard InChI is InChI=1S/C28H40O4Si/c1-20(2)33(21(3)4,22(5)6)32-26-18-28(31-19-26,27(29)30-7)17-23-12-11-15-25(16-23)24-13-9-8-10-14-24/h8-16,20-22,26H,17-19H2,1-7H3/t26-,28-/m0/s1. The highest BCUT2D eigenvalue weighted by molar-refractivity contribution is 6.77. The summed E-state index contributed by atoms with van der Waals surface area (Å²) in [6.07, 6.45) is 0.899. The fourth-order valence-electron chi connectivity index (χ4n) is 5.86. The van der Waals surface area contributed by atoms with Crippen LogP contribution in [-0.2, 0) is 25.1 Å². The van der Waals surface area contributed by atoms with Crippen LogP contribution in [0.15, 0.2) is 54.6 Å². The third kappa shape index (κ3) is 5.26. The average Bonchev–Trinajstić information content (AvgIpc) is 3.20. The molecule has 180 valence electrons. The molecule has 0 amide bonds. The van der Waals surface area contributed by atoms with E-state index in [4.69, 9.17) is 13.9 Å². The molecule has 0 N–H and O–H groups in total. The normalized spacial score (nSPS) is 21.2. The minimum absolute atomic E-state index is 0.0970. The lowest BCUT2D eigenvalue weighted by molar-refractivity contribution is -0.163. The Labute approximate surface area is 200 Å². The van der Waals surface area contributed by atoms with Gasteiger partial charge in [0.05, 0.1) is 19.8 Å². The van der Waals surface area contributed by atoms with Gasteiger partial charge in [-0.1, -0.05) is 96.1 Å². The molecule has 2 atom stereocenters. The monoisotopic (exact) mass is 468 g/mol. The molecule has 0 saturated carbocycles. The molecule has 0 aliphatic carbocycles. The molecule has 1 heterocycles. The molecule has 5 heteroatoms. The Morgan fingerprint density at radius 2 is 1.58 bits per heavy atom. The number of methoxy groups -OCH3 is 1. The molecule has 0 radical (unpaired) electrons. The summed E-state index contributed by atoms with van der Waals surface area (Å²) < 4.78 is 18.5.